The van der Waals surface area contributed by atoms with Crippen LogP contribution in [0.15, 0.2) is 66.2 Å². The number of benzene rings is 3. The minimum atomic E-state index is -0.582. The van der Waals surface area contributed by atoms with E-state index in [2.05, 4.69) is 11.8 Å². The summed E-state index contributed by atoms with van der Waals surface area (Å²) in [5.74, 6) is 4.23. The van der Waals surface area contributed by atoms with Crippen molar-refractivity contribution in [3.05, 3.63) is 105 Å². The summed E-state index contributed by atoms with van der Waals surface area (Å²) < 4.78 is 26.5. The molecule has 3 aromatic carbocycles. The van der Waals surface area contributed by atoms with Gasteiger partial charge in [0.1, 0.15) is 11.6 Å². The number of likely N-dealkylation sites (N-methyl/N-ethyl adjacent to an activating group) is 1. The van der Waals surface area contributed by atoms with Crippen LogP contribution in [0.5, 0.6) is 0 Å². The summed E-state index contributed by atoms with van der Waals surface area (Å²) in [4.78, 5) is 27.3. The zero-order valence-electron chi connectivity index (χ0n) is 17.0. The van der Waals surface area contributed by atoms with Gasteiger partial charge in [0.05, 0.1) is 16.3 Å². The topological polar surface area (TPSA) is 37.4 Å². The third-order valence-corrected chi connectivity index (χ3v) is 5.37. The molecule has 0 saturated heterocycles. The minimum absolute atomic E-state index is 0.0425. The molecule has 4 rings (SSSR count). The second-order valence-corrected chi connectivity index (χ2v) is 7.67. The predicted molar refractivity (Wildman–Crippen MR) is 121 cm³/mol. The van der Waals surface area contributed by atoms with Crippen LogP contribution < -0.4 is 4.90 Å². The third-order valence-electron chi connectivity index (χ3n) is 5.08. The maximum atomic E-state index is 13.4. The lowest BCUT2D eigenvalue weighted by Gasteiger charge is -2.26. The molecule has 158 valence electrons. The molecule has 3 nitrogen and oxygen atoms in total. The molecule has 1 aliphatic rings. The summed E-state index contributed by atoms with van der Waals surface area (Å²) in [6.45, 7) is 0. The fourth-order valence-corrected chi connectivity index (χ4v) is 3.56. The lowest BCUT2D eigenvalue weighted by molar-refractivity contribution is -0.114. The molecule has 0 atom stereocenters. The van der Waals surface area contributed by atoms with E-state index >= 15 is 0 Å². The second kappa shape index (κ2) is 8.78. The van der Waals surface area contributed by atoms with E-state index in [0.29, 0.717) is 28.8 Å². The first-order chi connectivity index (χ1) is 15.3. The van der Waals surface area contributed by atoms with Crippen molar-refractivity contribution in [2.45, 2.75) is 6.42 Å². The van der Waals surface area contributed by atoms with Gasteiger partial charge in [0.25, 0.3) is 5.91 Å². The number of amides is 1. The van der Waals surface area contributed by atoms with Gasteiger partial charge in [-0.3, -0.25) is 9.59 Å². The predicted octanol–water partition coefficient (Wildman–Crippen LogP) is 5.46. The van der Waals surface area contributed by atoms with E-state index in [0.717, 1.165) is 5.56 Å². The van der Waals surface area contributed by atoms with Gasteiger partial charge in [-0.2, -0.15) is 0 Å². The van der Waals surface area contributed by atoms with Crippen LogP contribution in [0.4, 0.5) is 14.5 Å². The number of rotatable bonds is 2. The zero-order valence-corrected chi connectivity index (χ0v) is 17.7. The molecule has 0 fully saturated rings. The number of halogens is 3. The zero-order chi connectivity index (χ0) is 22.8. The van der Waals surface area contributed by atoms with Gasteiger partial charge in [0.15, 0.2) is 0 Å². The molecule has 1 heterocycles. The van der Waals surface area contributed by atoms with Crippen molar-refractivity contribution in [3.8, 4) is 11.8 Å². The minimum Gasteiger partial charge on any atom is -0.311 e. The van der Waals surface area contributed by atoms with Gasteiger partial charge in [-0.1, -0.05) is 41.6 Å². The number of ketones is 1. The Morgan fingerprint density at radius 1 is 1.00 bits per heavy atom. The molecule has 0 spiro atoms. The highest BCUT2D eigenvalue weighted by atomic mass is 35.5. The Morgan fingerprint density at radius 2 is 1.75 bits per heavy atom. The van der Waals surface area contributed by atoms with Crippen LogP contribution in [-0.4, -0.2) is 18.7 Å². The molecule has 0 unspecified atom stereocenters. The molecule has 0 N–H and O–H groups in total. The number of anilines is 1. The van der Waals surface area contributed by atoms with Crippen LogP contribution in [0.1, 0.15) is 27.0 Å². The highest BCUT2D eigenvalue weighted by Crippen LogP contribution is 2.31. The lowest BCUT2D eigenvalue weighted by atomic mass is 9.92. The average Bonchev–Trinajstić information content (AvgIpc) is 2.79. The van der Waals surface area contributed by atoms with Gasteiger partial charge in [-0.05, 0) is 59.7 Å². The number of hydrogen-bond donors (Lipinski definition) is 0. The highest BCUT2D eigenvalue weighted by molar-refractivity contribution is 6.36. The van der Waals surface area contributed by atoms with Crippen molar-refractivity contribution >= 4 is 35.1 Å². The second-order valence-electron chi connectivity index (χ2n) is 7.26. The van der Waals surface area contributed by atoms with Crippen LogP contribution in [0.25, 0.3) is 6.08 Å². The Hall–Kier alpha value is -3.75. The summed E-state index contributed by atoms with van der Waals surface area (Å²) in [6.07, 6.45) is 1.84. The first kappa shape index (κ1) is 21.5. The first-order valence-corrected chi connectivity index (χ1v) is 10.1. The number of nitrogens with zero attached hydrogens (tertiary/aromatic N) is 1. The van der Waals surface area contributed by atoms with Crippen molar-refractivity contribution in [1.29, 1.82) is 0 Å². The molecule has 0 aliphatic carbocycles. The maximum Gasteiger partial charge on any atom is 0.262 e. The van der Waals surface area contributed by atoms with Crippen LogP contribution in [0.2, 0.25) is 5.02 Å². The number of hydrogen-bond acceptors (Lipinski definition) is 2. The fraction of sp³-hybridized carbons (Fsp3) is 0.0769. The summed E-state index contributed by atoms with van der Waals surface area (Å²) in [7, 11) is 1.58. The van der Waals surface area contributed by atoms with Crippen LogP contribution in [0, 0.1) is 23.5 Å². The molecule has 1 aliphatic heterocycles. The molecule has 6 heteroatoms. The van der Waals surface area contributed by atoms with E-state index in [-0.39, 0.29) is 16.4 Å². The summed E-state index contributed by atoms with van der Waals surface area (Å²) in [5, 5.41) is -0.0949. The number of carbonyl (C=O) groups is 2. The quantitative estimate of drug-likeness (QED) is 0.297. The number of carbonyl (C=O) groups excluding carboxylic acids is 2. The van der Waals surface area contributed by atoms with Crippen LogP contribution in [-0.2, 0) is 11.2 Å². The third kappa shape index (κ3) is 4.32. The van der Waals surface area contributed by atoms with Crippen molar-refractivity contribution in [2.24, 2.45) is 0 Å². The molecular weight excluding hydrogens is 432 g/mol. The van der Waals surface area contributed by atoms with E-state index < -0.39 is 17.5 Å². The van der Waals surface area contributed by atoms with Gasteiger partial charge in [-0.15, -0.1) is 0 Å². The Kier molecular flexibility index (Phi) is 5.89. The molecule has 1 amide bonds. The van der Waals surface area contributed by atoms with Crippen LogP contribution >= 0.6 is 11.6 Å². The number of Topliss-reactive ketones (excluding diaryl/α,β-unsaturated/α-hetero) is 1. The van der Waals surface area contributed by atoms with Crippen molar-refractivity contribution in [2.75, 3.05) is 11.9 Å². The van der Waals surface area contributed by atoms with Crippen molar-refractivity contribution in [3.63, 3.8) is 0 Å². The normalized spacial score (nSPS) is 14.2. The Balaban J connectivity index is 1.65. The van der Waals surface area contributed by atoms with Gasteiger partial charge in [0.2, 0.25) is 5.78 Å². The first-order valence-electron chi connectivity index (χ1n) is 9.70. The van der Waals surface area contributed by atoms with Crippen molar-refractivity contribution < 1.29 is 18.4 Å². The SMILES string of the molecule is CN1C(=O)/C(=C\c2ccc(F)c(Cl)c2)C(=O)c2cc(C#CCc3ccc(F)cc3)ccc21. The standard InChI is InChI=1S/C26H16ClF2NO2/c1-30-24-12-8-17(4-2-3-16-5-9-19(28)10-6-16)13-20(24)25(31)21(26(30)32)14-18-7-11-23(29)22(27)15-18/h5-15H,3H2,1H3/b21-14-. The molecule has 0 saturated carbocycles. The Labute approximate surface area is 188 Å². The van der Waals surface area contributed by atoms with Gasteiger partial charge in [0, 0.05) is 24.6 Å². The molecule has 0 aromatic heterocycles. The fourth-order valence-electron chi connectivity index (χ4n) is 3.37. The maximum absolute atomic E-state index is 13.4. The average molecular weight is 448 g/mol. The Bertz CT molecular complexity index is 1330. The summed E-state index contributed by atoms with van der Waals surface area (Å²) >= 11 is 5.82. The summed E-state index contributed by atoms with van der Waals surface area (Å²) in [5.41, 5.74) is 2.73. The molecule has 32 heavy (non-hydrogen) atoms. The number of fused-ring (bicyclic) bond motifs is 1. The van der Waals surface area contributed by atoms with Gasteiger partial charge < -0.3 is 4.90 Å². The molecule has 0 bridgehead atoms. The smallest absolute Gasteiger partial charge is 0.262 e. The monoisotopic (exact) mass is 447 g/mol. The largest absolute Gasteiger partial charge is 0.311 e. The van der Waals surface area contributed by atoms with E-state index in [9.17, 15) is 18.4 Å². The van der Waals surface area contributed by atoms with E-state index in [1.807, 2.05) is 0 Å². The highest BCUT2D eigenvalue weighted by Gasteiger charge is 2.32. The summed E-state index contributed by atoms with van der Waals surface area (Å²) in [6, 6.07) is 15.1. The molecular formula is C26H16ClF2NO2. The van der Waals surface area contributed by atoms with Crippen molar-refractivity contribution in [1.82, 2.24) is 0 Å². The lowest BCUT2D eigenvalue weighted by Crippen LogP contribution is -2.36. The van der Waals surface area contributed by atoms with Gasteiger partial charge in [-0.25, -0.2) is 8.78 Å². The van der Waals surface area contributed by atoms with Gasteiger partial charge >= 0.3 is 0 Å². The van der Waals surface area contributed by atoms with Crippen LogP contribution in [0.3, 0.4) is 0 Å². The van der Waals surface area contributed by atoms with E-state index in [1.54, 1.807) is 37.4 Å². The molecule has 3 aromatic rings. The Morgan fingerprint density at radius 3 is 2.47 bits per heavy atom. The van der Waals surface area contributed by atoms with E-state index in [4.69, 9.17) is 11.6 Å². The van der Waals surface area contributed by atoms with E-state index in [1.165, 1.54) is 41.3 Å². The molecule has 0 radical (unpaired) electrons.